The van der Waals surface area contributed by atoms with Crippen molar-refractivity contribution in [1.29, 1.82) is 0 Å². The zero-order chi connectivity index (χ0) is 13.8. The summed E-state index contributed by atoms with van der Waals surface area (Å²) >= 11 is 1.59. The zero-order valence-electron chi connectivity index (χ0n) is 11.0. The van der Waals surface area contributed by atoms with E-state index in [-0.39, 0.29) is 5.91 Å². The van der Waals surface area contributed by atoms with Crippen LogP contribution in [0.15, 0.2) is 29.4 Å². The Morgan fingerprint density at radius 3 is 2.89 bits per heavy atom. The lowest BCUT2D eigenvalue weighted by atomic mass is 10.3. The number of amides is 1. The van der Waals surface area contributed by atoms with E-state index in [0.717, 1.165) is 16.5 Å². The summed E-state index contributed by atoms with van der Waals surface area (Å²) in [7, 11) is 0. The van der Waals surface area contributed by atoms with E-state index in [9.17, 15) is 4.79 Å². The summed E-state index contributed by atoms with van der Waals surface area (Å²) < 4.78 is 1.66. The lowest BCUT2D eigenvalue weighted by Gasteiger charge is -2.08. The fraction of sp³-hybridized carbons (Fsp3) is 0.333. The molecule has 0 aliphatic heterocycles. The third kappa shape index (κ3) is 3.54. The molecule has 0 unspecified atom stereocenters. The molecule has 1 aromatic heterocycles. The molecule has 7 heteroatoms. The molecule has 2 rings (SSSR count). The molecule has 0 aliphatic carbocycles. The van der Waals surface area contributed by atoms with Crippen LogP contribution < -0.4 is 5.32 Å². The van der Waals surface area contributed by atoms with Crippen LogP contribution in [0.4, 0.5) is 5.69 Å². The molecule has 6 nitrogen and oxygen atoms in total. The van der Waals surface area contributed by atoms with Crippen molar-refractivity contribution in [3.8, 4) is 5.69 Å². The number of anilines is 1. The minimum absolute atomic E-state index is 0.106. The molecule has 0 fully saturated rings. The normalized spacial score (nSPS) is 10.7. The molecular weight excluding hydrogens is 262 g/mol. The van der Waals surface area contributed by atoms with Crippen molar-refractivity contribution in [3.63, 3.8) is 0 Å². The maximum atomic E-state index is 11.1. The van der Waals surface area contributed by atoms with Crippen LogP contribution in [-0.2, 0) is 4.79 Å². The third-order valence-electron chi connectivity index (χ3n) is 2.19. The van der Waals surface area contributed by atoms with E-state index >= 15 is 0 Å². The smallest absolute Gasteiger partial charge is 0.221 e. The number of carbonyl (C=O) groups excluding carboxylic acids is 1. The van der Waals surface area contributed by atoms with Crippen molar-refractivity contribution in [3.05, 3.63) is 24.3 Å². The second-order valence-corrected chi connectivity index (χ2v) is 5.82. The van der Waals surface area contributed by atoms with E-state index in [1.807, 2.05) is 24.3 Å². The average molecular weight is 277 g/mol. The molecular formula is C12H15N5OS. The summed E-state index contributed by atoms with van der Waals surface area (Å²) in [5, 5.41) is 15.5. The molecule has 1 aromatic carbocycles. The molecule has 1 N–H and O–H groups in total. The highest BCUT2D eigenvalue weighted by atomic mass is 32.2. The van der Waals surface area contributed by atoms with E-state index in [4.69, 9.17) is 0 Å². The van der Waals surface area contributed by atoms with Gasteiger partial charge < -0.3 is 5.32 Å². The maximum absolute atomic E-state index is 11.1. The molecule has 0 aliphatic rings. The fourth-order valence-electron chi connectivity index (χ4n) is 1.54. The largest absolute Gasteiger partial charge is 0.326 e. The maximum Gasteiger partial charge on any atom is 0.221 e. The minimum atomic E-state index is -0.106. The number of benzene rings is 1. The Morgan fingerprint density at radius 2 is 2.21 bits per heavy atom. The predicted octanol–water partition coefficient (Wildman–Crippen LogP) is 2.12. The summed E-state index contributed by atoms with van der Waals surface area (Å²) in [5.41, 5.74) is 1.54. The van der Waals surface area contributed by atoms with Crippen molar-refractivity contribution in [2.24, 2.45) is 0 Å². The topological polar surface area (TPSA) is 72.7 Å². The Labute approximate surface area is 115 Å². The lowest BCUT2D eigenvalue weighted by molar-refractivity contribution is -0.114. The number of hydrogen-bond acceptors (Lipinski definition) is 5. The average Bonchev–Trinajstić information content (AvgIpc) is 2.75. The van der Waals surface area contributed by atoms with Crippen LogP contribution in [0, 0.1) is 0 Å². The van der Waals surface area contributed by atoms with Crippen molar-refractivity contribution in [2.45, 2.75) is 31.2 Å². The molecule has 0 saturated carbocycles. The van der Waals surface area contributed by atoms with Crippen molar-refractivity contribution in [2.75, 3.05) is 5.32 Å². The summed E-state index contributed by atoms with van der Waals surface area (Å²) in [5.74, 6) is -0.106. The van der Waals surface area contributed by atoms with Gasteiger partial charge in [0.2, 0.25) is 11.1 Å². The SMILES string of the molecule is CC(=O)Nc1cccc(-n2nnnc2SC(C)C)c1. The predicted molar refractivity (Wildman–Crippen MR) is 74.5 cm³/mol. The highest BCUT2D eigenvalue weighted by Gasteiger charge is 2.11. The first-order valence-corrected chi connectivity index (χ1v) is 6.77. The van der Waals surface area contributed by atoms with E-state index in [2.05, 4.69) is 34.7 Å². The minimum Gasteiger partial charge on any atom is -0.326 e. The van der Waals surface area contributed by atoms with Gasteiger partial charge in [0.15, 0.2) is 0 Å². The van der Waals surface area contributed by atoms with Gasteiger partial charge in [-0.3, -0.25) is 4.79 Å². The third-order valence-corrected chi connectivity index (χ3v) is 3.13. The van der Waals surface area contributed by atoms with Crippen LogP contribution >= 0.6 is 11.8 Å². The first-order chi connectivity index (χ1) is 9.06. The van der Waals surface area contributed by atoms with Crippen LogP contribution in [0.25, 0.3) is 5.69 Å². The summed E-state index contributed by atoms with van der Waals surface area (Å²) in [6.45, 7) is 5.64. The highest BCUT2D eigenvalue weighted by molar-refractivity contribution is 7.99. The molecule has 0 spiro atoms. The summed E-state index contributed by atoms with van der Waals surface area (Å²) in [6, 6.07) is 7.41. The second kappa shape index (κ2) is 5.83. The molecule has 19 heavy (non-hydrogen) atoms. The number of nitrogens with zero attached hydrogens (tertiary/aromatic N) is 4. The van der Waals surface area contributed by atoms with Gasteiger partial charge in [-0.05, 0) is 28.6 Å². The molecule has 100 valence electrons. The number of thioether (sulfide) groups is 1. The fourth-order valence-corrected chi connectivity index (χ4v) is 2.29. The van der Waals surface area contributed by atoms with Gasteiger partial charge in [-0.1, -0.05) is 31.7 Å². The van der Waals surface area contributed by atoms with Gasteiger partial charge in [0.1, 0.15) is 0 Å². The molecule has 1 amide bonds. The molecule has 0 bridgehead atoms. The first kappa shape index (κ1) is 13.5. The summed E-state index contributed by atoms with van der Waals surface area (Å²) in [6.07, 6.45) is 0. The van der Waals surface area contributed by atoms with Gasteiger partial charge >= 0.3 is 0 Å². The zero-order valence-corrected chi connectivity index (χ0v) is 11.8. The van der Waals surface area contributed by atoms with Gasteiger partial charge in [0.05, 0.1) is 5.69 Å². The van der Waals surface area contributed by atoms with Crippen LogP contribution in [0.3, 0.4) is 0 Å². The van der Waals surface area contributed by atoms with E-state index in [1.165, 1.54) is 6.92 Å². The Balaban J connectivity index is 2.31. The standard InChI is InChI=1S/C12H15N5OS/c1-8(2)19-12-14-15-16-17(12)11-6-4-5-10(7-11)13-9(3)18/h4-8H,1-3H3,(H,13,18). The van der Waals surface area contributed by atoms with E-state index in [0.29, 0.717) is 5.25 Å². The lowest BCUT2D eigenvalue weighted by Crippen LogP contribution is -2.07. The van der Waals surface area contributed by atoms with Crippen molar-refractivity contribution >= 4 is 23.4 Å². The number of rotatable bonds is 4. The van der Waals surface area contributed by atoms with Gasteiger partial charge in [-0.15, -0.1) is 5.10 Å². The highest BCUT2D eigenvalue weighted by Crippen LogP contribution is 2.23. The monoisotopic (exact) mass is 277 g/mol. The van der Waals surface area contributed by atoms with Crippen molar-refractivity contribution < 1.29 is 4.79 Å². The number of tetrazole rings is 1. The molecule has 0 saturated heterocycles. The van der Waals surface area contributed by atoms with Crippen LogP contribution in [0.5, 0.6) is 0 Å². The number of aromatic nitrogens is 4. The number of nitrogens with one attached hydrogen (secondary N) is 1. The van der Waals surface area contributed by atoms with E-state index in [1.54, 1.807) is 16.4 Å². The van der Waals surface area contributed by atoms with Gasteiger partial charge in [-0.2, -0.15) is 4.68 Å². The molecule has 2 aromatic rings. The van der Waals surface area contributed by atoms with Gasteiger partial charge in [0.25, 0.3) is 0 Å². The molecule has 0 radical (unpaired) electrons. The number of hydrogen-bond donors (Lipinski definition) is 1. The van der Waals surface area contributed by atoms with Gasteiger partial charge in [-0.25, -0.2) is 0 Å². The van der Waals surface area contributed by atoms with Crippen LogP contribution in [0.2, 0.25) is 0 Å². The Bertz CT molecular complexity index is 581. The van der Waals surface area contributed by atoms with Gasteiger partial charge in [0, 0.05) is 17.9 Å². The molecule has 1 heterocycles. The Kier molecular flexibility index (Phi) is 4.16. The number of carbonyl (C=O) groups is 1. The van der Waals surface area contributed by atoms with E-state index < -0.39 is 0 Å². The first-order valence-electron chi connectivity index (χ1n) is 5.89. The van der Waals surface area contributed by atoms with Crippen molar-refractivity contribution in [1.82, 2.24) is 20.2 Å². The molecule has 0 atom stereocenters. The Morgan fingerprint density at radius 1 is 1.42 bits per heavy atom. The van der Waals surface area contributed by atoms with Crippen LogP contribution in [0.1, 0.15) is 20.8 Å². The summed E-state index contributed by atoms with van der Waals surface area (Å²) in [4.78, 5) is 11.1. The van der Waals surface area contributed by atoms with Crippen LogP contribution in [-0.4, -0.2) is 31.4 Å². The Hall–Kier alpha value is -1.89. The quantitative estimate of drug-likeness (QED) is 0.867. The second-order valence-electron chi connectivity index (χ2n) is 4.27.